The van der Waals surface area contributed by atoms with Gasteiger partial charge >= 0.3 is 0 Å². The smallest absolute Gasteiger partial charge is 0.293 e. The fourth-order valence-electron chi connectivity index (χ4n) is 2.12. The van der Waals surface area contributed by atoms with Gasteiger partial charge in [0.15, 0.2) is 16.6 Å². The Hall–Kier alpha value is -2.95. The lowest BCUT2D eigenvalue weighted by Gasteiger charge is -2.09. The number of amides is 1. The number of ether oxygens (including phenoxy) is 1. The average Bonchev–Trinajstić information content (AvgIpc) is 3.25. The fourth-order valence-corrected chi connectivity index (χ4v) is 2.93. The third-order valence-electron chi connectivity index (χ3n) is 3.66. The largest absolute Gasteiger partial charge is 0.479 e. The monoisotopic (exact) mass is 418 g/mol. The van der Waals surface area contributed by atoms with Crippen molar-refractivity contribution in [2.45, 2.75) is 20.5 Å². The van der Waals surface area contributed by atoms with E-state index < -0.39 is 47.3 Å². The summed E-state index contributed by atoms with van der Waals surface area (Å²) < 4.78 is 76.3. The zero-order valence-electron chi connectivity index (χ0n) is 14.3. The van der Waals surface area contributed by atoms with Crippen molar-refractivity contribution in [3.63, 3.8) is 0 Å². The molecule has 0 bridgehead atoms. The van der Waals surface area contributed by atoms with Gasteiger partial charge in [-0.1, -0.05) is 0 Å². The van der Waals surface area contributed by atoms with E-state index in [1.807, 2.05) is 6.92 Å². The van der Waals surface area contributed by atoms with E-state index in [4.69, 9.17) is 4.42 Å². The number of hydrogen-bond donors (Lipinski definition) is 1. The standard InChI is InChI=1S/C17H11F5N2O3S/c1-6-7(2)28-17(23-6)24-16(25)9-4-3-8(27-9)5-26-15-13(21)11(19)10(18)12(20)14(15)22/h3-4H,5H2,1-2H3,(H,23,24,25). The van der Waals surface area contributed by atoms with Crippen LogP contribution >= 0.6 is 11.3 Å². The molecule has 0 saturated carbocycles. The number of nitrogens with one attached hydrogen (secondary N) is 1. The van der Waals surface area contributed by atoms with E-state index in [1.165, 1.54) is 23.5 Å². The van der Waals surface area contributed by atoms with Crippen molar-refractivity contribution in [1.82, 2.24) is 4.98 Å². The van der Waals surface area contributed by atoms with Crippen LogP contribution in [0.3, 0.4) is 0 Å². The van der Waals surface area contributed by atoms with Gasteiger partial charge < -0.3 is 9.15 Å². The molecule has 1 aromatic carbocycles. The van der Waals surface area contributed by atoms with Crippen LogP contribution in [0.25, 0.3) is 0 Å². The fraction of sp³-hybridized carbons (Fsp3) is 0.176. The number of anilines is 1. The van der Waals surface area contributed by atoms with Crippen molar-refractivity contribution in [2.75, 3.05) is 5.32 Å². The molecule has 0 fully saturated rings. The normalized spacial score (nSPS) is 11.0. The van der Waals surface area contributed by atoms with Gasteiger partial charge in [-0.05, 0) is 26.0 Å². The molecule has 3 rings (SSSR count). The van der Waals surface area contributed by atoms with Crippen molar-refractivity contribution < 1.29 is 35.9 Å². The van der Waals surface area contributed by atoms with Crippen LogP contribution < -0.4 is 10.1 Å². The van der Waals surface area contributed by atoms with Crippen molar-refractivity contribution in [1.29, 1.82) is 0 Å². The molecule has 0 spiro atoms. The quantitative estimate of drug-likeness (QED) is 0.364. The van der Waals surface area contributed by atoms with Crippen LogP contribution in [0.2, 0.25) is 0 Å². The van der Waals surface area contributed by atoms with E-state index in [0.29, 0.717) is 5.13 Å². The molecule has 1 amide bonds. The molecule has 11 heteroatoms. The summed E-state index contributed by atoms with van der Waals surface area (Å²) in [6, 6.07) is 2.53. The first-order chi connectivity index (χ1) is 13.2. The molecule has 0 unspecified atom stereocenters. The molecule has 0 atom stereocenters. The number of aromatic nitrogens is 1. The second kappa shape index (κ2) is 7.58. The van der Waals surface area contributed by atoms with E-state index in [1.54, 1.807) is 6.92 Å². The summed E-state index contributed by atoms with van der Waals surface area (Å²) in [6.45, 7) is 2.95. The van der Waals surface area contributed by atoms with E-state index >= 15 is 0 Å². The van der Waals surface area contributed by atoms with Gasteiger partial charge in [0.1, 0.15) is 12.4 Å². The maximum atomic E-state index is 13.6. The summed E-state index contributed by atoms with van der Waals surface area (Å²) in [5, 5.41) is 2.88. The van der Waals surface area contributed by atoms with Gasteiger partial charge in [0.05, 0.1) is 5.69 Å². The molecule has 3 aromatic rings. The van der Waals surface area contributed by atoms with Gasteiger partial charge in [-0.2, -0.15) is 8.78 Å². The predicted molar refractivity (Wildman–Crippen MR) is 88.8 cm³/mol. The second-order valence-electron chi connectivity index (χ2n) is 5.57. The topological polar surface area (TPSA) is 64.4 Å². The molecule has 2 heterocycles. The number of nitrogens with zero attached hydrogens (tertiary/aromatic N) is 1. The van der Waals surface area contributed by atoms with Crippen LogP contribution in [0.15, 0.2) is 16.5 Å². The number of hydrogen-bond acceptors (Lipinski definition) is 5. The second-order valence-corrected chi connectivity index (χ2v) is 6.77. The summed E-state index contributed by atoms with van der Waals surface area (Å²) in [4.78, 5) is 17.2. The van der Waals surface area contributed by atoms with Gasteiger partial charge in [0.25, 0.3) is 5.91 Å². The Morgan fingerprint density at radius 3 is 2.25 bits per heavy atom. The summed E-state index contributed by atoms with van der Waals surface area (Å²) in [6.07, 6.45) is 0. The number of carbonyl (C=O) groups is 1. The molecule has 28 heavy (non-hydrogen) atoms. The molecule has 5 nitrogen and oxygen atoms in total. The molecule has 148 valence electrons. The lowest BCUT2D eigenvalue weighted by molar-refractivity contribution is 0.0992. The maximum absolute atomic E-state index is 13.6. The molecular weight excluding hydrogens is 407 g/mol. The van der Waals surface area contributed by atoms with E-state index in [9.17, 15) is 26.7 Å². The number of benzene rings is 1. The molecule has 0 aliphatic rings. The first-order valence-corrected chi connectivity index (χ1v) is 8.49. The summed E-state index contributed by atoms with van der Waals surface area (Å²) in [5.74, 6) is -13.0. The molecule has 2 aromatic heterocycles. The Balaban J connectivity index is 1.71. The van der Waals surface area contributed by atoms with E-state index in [-0.39, 0.29) is 11.5 Å². The molecule has 0 aliphatic carbocycles. The van der Waals surface area contributed by atoms with Crippen LogP contribution in [0, 0.1) is 42.9 Å². The third-order valence-corrected chi connectivity index (χ3v) is 4.65. The number of thiazole rings is 1. The van der Waals surface area contributed by atoms with Gasteiger partial charge in [-0.3, -0.25) is 10.1 Å². The minimum absolute atomic E-state index is 0.0689. The lowest BCUT2D eigenvalue weighted by atomic mass is 10.2. The van der Waals surface area contributed by atoms with Crippen LogP contribution in [-0.4, -0.2) is 10.9 Å². The van der Waals surface area contributed by atoms with Gasteiger partial charge in [0, 0.05) is 4.88 Å². The molecular formula is C17H11F5N2O3S. The number of rotatable bonds is 5. The Morgan fingerprint density at radius 2 is 1.68 bits per heavy atom. The average molecular weight is 418 g/mol. The van der Waals surface area contributed by atoms with Gasteiger partial charge in [-0.15, -0.1) is 11.3 Å². The summed E-state index contributed by atoms with van der Waals surface area (Å²) in [7, 11) is 0. The molecule has 0 radical (unpaired) electrons. The minimum Gasteiger partial charge on any atom is -0.479 e. The van der Waals surface area contributed by atoms with E-state index in [2.05, 4.69) is 15.0 Å². The third kappa shape index (κ3) is 3.70. The highest BCUT2D eigenvalue weighted by Gasteiger charge is 2.27. The number of aryl methyl sites for hydroxylation is 2. The number of carbonyl (C=O) groups excluding carboxylic acids is 1. The Kier molecular flexibility index (Phi) is 5.36. The molecule has 1 N–H and O–H groups in total. The highest BCUT2D eigenvalue weighted by atomic mass is 32.1. The predicted octanol–water partition coefficient (Wildman–Crippen LogP) is 4.88. The number of halogens is 5. The van der Waals surface area contributed by atoms with E-state index in [0.717, 1.165) is 10.6 Å². The SMILES string of the molecule is Cc1nc(NC(=O)c2ccc(COc3c(F)c(F)c(F)c(F)c3F)o2)sc1C. The van der Waals surface area contributed by atoms with Crippen LogP contribution in [0.4, 0.5) is 27.1 Å². The Morgan fingerprint density at radius 1 is 1.07 bits per heavy atom. The van der Waals surface area contributed by atoms with Crippen molar-refractivity contribution >= 4 is 22.4 Å². The first-order valence-electron chi connectivity index (χ1n) is 7.67. The molecule has 0 saturated heterocycles. The van der Waals surface area contributed by atoms with Gasteiger partial charge in [-0.25, -0.2) is 18.2 Å². The van der Waals surface area contributed by atoms with Crippen molar-refractivity contribution in [3.05, 3.63) is 63.3 Å². The minimum atomic E-state index is -2.29. The van der Waals surface area contributed by atoms with Crippen LogP contribution in [-0.2, 0) is 6.61 Å². The lowest BCUT2D eigenvalue weighted by Crippen LogP contribution is -2.10. The molecule has 0 aliphatic heterocycles. The Labute approximate surface area is 158 Å². The van der Waals surface area contributed by atoms with Crippen molar-refractivity contribution in [2.24, 2.45) is 0 Å². The highest BCUT2D eigenvalue weighted by Crippen LogP contribution is 2.30. The number of furan rings is 1. The maximum Gasteiger partial charge on any atom is 0.293 e. The zero-order chi connectivity index (χ0) is 20.6. The zero-order valence-corrected chi connectivity index (χ0v) is 15.1. The summed E-state index contributed by atoms with van der Waals surface area (Å²) >= 11 is 1.26. The van der Waals surface area contributed by atoms with Gasteiger partial charge in [0.2, 0.25) is 29.1 Å². The van der Waals surface area contributed by atoms with Crippen LogP contribution in [0.1, 0.15) is 26.9 Å². The van der Waals surface area contributed by atoms with Crippen molar-refractivity contribution in [3.8, 4) is 5.75 Å². The highest BCUT2D eigenvalue weighted by molar-refractivity contribution is 7.15. The first kappa shape index (κ1) is 19.8. The Bertz CT molecular complexity index is 1010. The summed E-state index contributed by atoms with van der Waals surface area (Å²) in [5.41, 5.74) is 0.761. The van der Waals surface area contributed by atoms with Crippen LogP contribution in [0.5, 0.6) is 5.75 Å².